The lowest BCUT2D eigenvalue weighted by atomic mass is 10.2. The van der Waals surface area contributed by atoms with Crippen LogP contribution in [-0.2, 0) is 9.53 Å². The Morgan fingerprint density at radius 2 is 2.00 bits per heavy atom. The van der Waals surface area contributed by atoms with Gasteiger partial charge >= 0.3 is 5.97 Å². The molecule has 2 unspecified atom stereocenters. The normalized spacial score (nSPS) is 15.3. The first-order valence-corrected chi connectivity index (χ1v) is 5.05. The Hall–Kier alpha value is -0.610. The van der Waals surface area contributed by atoms with Crippen LogP contribution in [0.1, 0.15) is 20.8 Å². The predicted octanol–water partition coefficient (Wildman–Crippen LogP) is 0.478. The molecule has 0 fully saturated rings. The van der Waals surface area contributed by atoms with Gasteiger partial charge in [-0.1, -0.05) is 0 Å². The molecule has 0 amide bonds. The summed E-state index contributed by atoms with van der Waals surface area (Å²) in [4.78, 5) is 13.3. The molecule has 0 heterocycles. The molecule has 0 aromatic heterocycles. The SMILES string of the molecule is CCOC(=O)C(C)NCC(C)N(C)C. The van der Waals surface area contributed by atoms with Gasteiger partial charge in [0.25, 0.3) is 0 Å². The Labute approximate surface area is 86.6 Å². The number of carbonyl (C=O) groups excluding carboxylic acids is 1. The van der Waals surface area contributed by atoms with Gasteiger partial charge in [-0.15, -0.1) is 0 Å². The number of carbonyl (C=O) groups is 1. The van der Waals surface area contributed by atoms with E-state index in [1.807, 2.05) is 27.9 Å². The van der Waals surface area contributed by atoms with E-state index in [0.29, 0.717) is 12.6 Å². The van der Waals surface area contributed by atoms with E-state index in [9.17, 15) is 4.79 Å². The maximum absolute atomic E-state index is 11.2. The van der Waals surface area contributed by atoms with Crippen molar-refractivity contribution in [1.82, 2.24) is 10.2 Å². The maximum Gasteiger partial charge on any atom is 0.322 e. The molecule has 0 radical (unpaired) electrons. The van der Waals surface area contributed by atoms with Crippen LogP contribution in [0.3, 0.4) is 0 Å². The van der Waals surface area contributed by atoms with E-state index >= 15 is 0 Å². The minimum atomic E-state index is -0.225. The second-order valence-corrected chi connectivity index (χ2v) is 3.69. The number of esters is 1. The molecule has 2 atom stereocenters. The third-order valence-corrected chi connectivity index (χ3v) is 2.24. The summed E-state index contributed by atoms with van der Waals surface area (Å²) in [6.07, 6.45) is 0. The summed E-state index contributed by atoms with van der Waals surface area (Å²) in [5.41, 5.74) is 0. The highest BCUT2D eigenvalue weighted by Crippen LogP contribution is 1.92. The zero-order valence-electron chi connectivity index (χ0n) is 9.83. The Bertz CT molecular complexity index is 172. The first-order chi connectivity index (χ1) is 6.49. The average Bonchev–Trinajstić information content (AvgIpc) is 2.13. The lowest BCUT2D eigenvalue weighted by Crippen LogP contribution is -2.43. The van der Waals surface area contributed by atoms with Crippen LogP contribution in [-0.4, -0.2) is 50.2 Å². The molecule has 0 spiro atoms. The first-order valence-electron chi connectivity index (χ1n) is 5.05. The first kappa shape index (κ1) is 13.4. The van der Waals surface area contributed by atoms with Gasteiger partial charge in [-0.3, -0.25) is 4.79 Å². The zero-order chi connectivity index (χ0) is 11.1. The van der Waals surface area contributed by atoms with Crippen LogP contribution in [0.5, 0.6) is 0 Å². The van der Waals surface area contributed by atoms with Gasteiger partial charge in [0.15, 0.2) is 0 Å². The average molecular weight is 202 g/mol. The Balaban J connectivity index is 3.72. The van der Waals surface area contributed by atoms with Crippen LogP contribution in [0.15, 0.2) is 0 Å². The van der Waals surface area contributed by atoms with Gasteiger partial charge in [-0.25, -0.2) is 0 Å². The monoisotopic (exact) mass is 202 g/mol. The Morgan fingerprint density at radius 1 is 1.43 bits per heavy atom. The molecule has 0 saturated heterocycles. The highest BCUT2D eigenvalue weighted by Gasteiger charge is 2.14. The van der Waals surface area contributed by atoms with E-state index in [2.05, 4.69) is 17.1 Å². The van der Waals surface area contributed by atoms with Crippen molar-refractivity contribution in [1.29, 1.82) is 0 Å². The van der Waals surface area contributed by atoms with E-state index in [4.69, 9.17) is 4.74 Å². The van der Waals surface area contributed by atoms with Gasteiger partial charge in [0.05, 0.1) is 6.61 Å². The van der Waals surface area contributed by atoms with Crippen molar-refractivity contribution in [2.24, 2.45) is 0 Å². The quantitative estimate of drug-likeness (QED) is 0.636. The highest BCUT2D eigenvalue weighted by atomic mass is 16.5. The van der Waals surface area contributed by atoms with Crippen LogP contribution in [0.25, 0.3) is 0 Å². The van der Waals surface area contributed by atoms with E-state index in [1.165, 1.54) is 0 Å². The molecule has 0 rings (SSSR count). The number of nitrogens with zero attached hydrogens (tertiary/aromatic N) is 1. The zero-order valence-corrected chi connectivity index (χ0v) is 9.83. The Kier molecular flexibility index (Phi) is 6.49. The number of ether oxygens (including phenoxy) is 1. The Morgan fingerprint density at radius 3 is 2.43 bits per heavy atom. The van der Waals surface area contributed by atoms with Crippen molar-refractivity contribution in [2.75, 3.05) is 27.2 Å². The smallest absolute Gasteiger partial charge is 0.322 e. The summed E-state index contributed by atoms with van der Waals surface area (Å²) in [6, 6.07) is 0.184. The van der Waals surface area contributed by atoms with Crippen LogP contribution in [0, 0.1) is 0 Å². The lowest BCUT2D eigenvalue weighted by molar-refractivity contribution is -0.145. The topological polar surface area (TPSA) is 41.6 Å². The summed E-state index contributed by atoms with van der Waals surface area (Å²) in [5.74, 6) is -0.182. The van der Waals surface area contributed by atoms with Crippen LogP contribution in [0.4, 0.5) is 0 Å². The van der Waals surface area contributed by atoms with Crippen molar-refractivity contribution in [3.8, 4) is 0 Å². The third kappa shape index (κ3) is 5.19. The molecule has 0 aromatic carbocycles. The van der Waals surface area contributed by atoms with E-state index in [-0.39, 0.29) is 12.0 Å². The molecule has 84 valence electrons. The fourth-order valence-electron chi connectivity index (χ4n) is 0.880. The third-order valence-electron chi connectivity index (χ3n) is 2.24. The van der Waals surface area contributed by atoms with Crippen LogP contribution >= 0.6 is 0 Å². The summed E-state index contributed by atoms with van der Waals surface area (Å²) >= 11 is 0. The molecule has 4 nitrogen and oxygen atoms in total. The molecule has 1 N–H and O–H groups in total. The highest BCUT2D eigenvalue weighted by molar-refractivity contribution is 5.75. The maximum atomic E-state index is 11.2. The molecule has 0 saturated carbocycles. The molecular formula is C10H22N2O2. The van der Waals surface area contributed by atoms with Crippen LogP contribution < -0.4 is 5.32 Å². The van der Waals surface area contributed by atoms with Gasteiger partial charge in [0, 0.05) is 12.6 Å². The fraction of sp³-hybridized carbons (Fsp3) is 0.900. The number of rotatable bonds is 6. The van der Waals surface area contributed by atoms with Crippen molar-refractivity contribution >= 4 is 5.97 Å². The molecule has 14 heavy (non-hydrogen) atoms. The van der Waals surface area contributed by atoms with Crippen molar-refractivity contribution in [3.63, 3.8) is 0 Å². The molecule has 0 aliphatic carbocycles. The molecule has 0 aromatic rings. The largest absolute Gasteiger partial charge is 0.465 e. The van der Waals surface area contributed by atoms with Crippen molar-refractivity contribution in [3.05, 3.63) is 0 Å². The summed E-state index contributed by atoms with van der Waals surface area (Å²) in [5, 5.41) is 3.13. The summed E-state index contributed by atoms with van der Waals surface area (Å²) < 4.78 is 4.88. The fourth-order valence-corrected chi connectivity index (χ4v) is 0.880. The number of nitrogens with one attached hydrogen (secondary N) is 1. The summed E-state index contributed by atoms with van der Waals surface area (Å²) in [6.45, 7) is 6.96. The second kappa shape index (κ2) is 6.79. The van der Waals surface area contributed by atoms with Gasteiger partial charge in [0.2, 0.25) is 0 Å². The van der Waals surface area contributed by atoms with Gasteiger partial charge in [0.1, 0.15) is 6.04 Å². The summed E-state index contributed by atoms with van der Waals surface area (Å²) in [7, 11) is 4.03. The number of hydrogen-bond donors (Lipinski definition) is 1. The second-order valence-electron chi connectivity index (χ2n) is 3.69. The molecule has 0 aliphatic rings. The van der Waals surface area contributed by atoms with Crippen LogP contribution in [0.2, 0.25) is 0 Å². The predicted molar refractivity (Wildman–Crippen MR) is 57.2 cm³/mol. The standard InChI is InChI=1S/C10H22N2O2/c1-6-14-10(13)9(3)11-7-8(2)12(4)5/h8-9,11H,6-7H2,1-5H3. The minimum absolute atomic E-state index is 0.182. The van der Waals surface area contributed by atoms with Gasteiger partial charge < -0.3 is 15.0 Å². The van der Waals surface area contributed by atoms with Crippen molar-refractivity contribution < 1.29 is 9.53 Å². The molecule has 0 aliphatic heterocycles. The van der Waals surface area contributed by atoms with Gasteiger partial charge in [-0.05, 0) is 34.9 Å². The molecular weight excluding hydrogens is 180 g/mol. The van der Waals surface area contributed by atoms with Crippen molar-refractivity contribution in [2.45, 2.75) is 32.9 Å². The van der Waals surface area contributed by atoms with E-state index < -0.39 is 0 Å². The lowest BCUT2D eigenvalue weighted by Gasteiger charge is -2.22. The van der Waals surface area contributed by atoms with E-state index in [0.717, 1.165) is 6.54 Å². The minimum Gasteiger partial charge on any atom is -0.465 e. The molecule has 0 bridgehead atoms. The van der Waals surface area contributed by atoms with E-state index in [1.54, 1.807) is 0 Å². The number of hydrogen-bond acceptors (Lipinski definition) is 4. The molecule has 4 heteroatoms. The van der Waals surface area contributed by atoms with Gasteiger partial charge in [-0.2, -0.15) is 0 Å². The number of likely N-dealkylation sites (N-methyl/N-ethyl adjacent to an activating group) is 1.